The van der Waals surface area contributed by atoms with Crippen molar-refractivity contribution >= 4 is 0 Å². The van der Waals surface area contributed by atoms with Gasteiger partial charge in [0.15, 0.2) is 0 Å². The minimum Gasteiger partial charge on any atom is -0.312 e. The molecule has 2 rings (SSSR count). The molecule has 0 aromatic carbocycles. The van der Waals surface area contributed by atoms with Crippen LogP contribution in [-0.2, 0) is 0 Å². The summed E-state index contributed by atoms with van der Waals surface area (Å²) in [6.45, 7) is 9.57. The van der Waals surface area contributed by atoms with Gasteiger partial charge >= 0.3 is 0 Å². The van der Waals surface area contributed by atoms with Crippen molar-refractivity contribution in [3.05, 3.63) is 0 Å². The average molecular weight is 238 g/mol. The first-order valence-corrected chi connectivity index (χ1v) is 7.75. The molecule has 17 heavy (non-hydrogen) atoms. The third kappa shape index (κ3) is 3.96. The van der Waals surface area contributed by atoms with Crippen molar-refractivity contribution in [3.63, 3.8) is 0 Å². The van der Waals surface area contributed by atoms with Gasteiger partial charge in [-0.1, -0.05) is 13.8 Å². The van der Waals surface area contributed by atoms with Crippen LogP contribution in [0, 0.1) is 5.92 Å². The fourth-order valence-corrected chi connectivity index (χ4v) is 2.87. The van der Waals surface area contributed by atoms with E-state index in [9.17, 15) is 0 Å². The summed E-state index contributed by atoms with van der Waals surface area (Å²) >= 11 is 0. The molecule has 2 unspecified atom stereocenters. The van der Waals surface area contributed by atoms with Crippen LogP contribution < -0.4 is 5.32 Å². The van der Waals surface area contributed by atoms with Gasteiger partial charge in [0.1, 0.15) is 0 Å². The first-order valence-electron chi connectivity index (χ1n) is 7.75. The highest BCUT2D eigenvalue weighted by atomic mass is 15.2. The van der Waals surface area contributed by atoms with Gasteiger partial charge in [0, 0.05) is 24.7 Å². The molecular formula is C15H30N2. The summed E-state index contributed by atoms with van der Waals surface area (Å²) in [5.41, 5.74) is 0. The van der Waals surface area contributed by atoms with Crippen LogP contribution in [0.1, 0.15) is 59.3 Å². The SMILES string of the molecule is CCCNC(CC)C(C)N(CC1CC1)C1CC1. The zero-order valence-electron chi connectivity index (χ0n) is 11.9. The monoisotopic (exact) mass is 238 g/mol. The third-order valence-corrected chi connectivity index (χ3v) is 4.38. The van der Waals surface area contributed by atoms with E-state index in [-0.39, 0.29) is 0 Å². The quantitative estimate of drug-likeness (QED) is 0.664. The zero-order valence-corrected chi connectivity index (χ0v) is 11.9. The predicted molar refractivity (Wildman–Crippen MR) is 74.3 cm³/mol. The van der Waals surface area contributed by atoms with Crippen LogP contribution in [0.3, 0.4) is 0 Å². The molecule has 0 aromatic heterocycles. The van der Waals surface area contributed by atoms with Crippen LogP contribution in [0.4, 0.5) is 0 Å². The summed E-state index contributed by atoms with van der Waals surface area (Å²) < 4.78 is 0. The first kappa shape index (κ1) is 13.4. The van der Waals surface area contributed by atoms with Gasteiger partial charge in [-0.2, -0.15) is 0 Å². The van der Waals surface area contributed by atoms with E-state index in [4.69, 9.17) is 0 Å². The molecule has 2 aliphatic carbocycles. The van der Waals surface area contributed by atoms with Gasteiger partial charge in [-0.25, -0.2) is 0 Å². The molecule has 2 aliphatic rings. The zero-order chi connectivity index (χ0) is 12.3. The van der Waals surface area contributed by atoms with E-state index in [1.807, 2.05) is 0 Å². The van der Waals surface area contributed by atoms with Crippen LogP contribution in [-0.4, -0.2) is 36.1 Å². The fourth-order valence-electron chi connectivity index (χ4n) is 2.87. The highest BCUT2D eigenvalue weighted by molar-refractivity contribution is 4.94. The van der Waals surface area contributed by atoms with E-state index >= 15 is 0 Å². The molecular weight excluding hydrogens is 208 g/mol. The summed E-state index contributed by atoms with van der Waals surface area (Å²) in [5.74, 6) is 1.03. The third-order valence-electron chi connectivity index (χ3n) is 4.38. The normalized spacial score (nSPS) is 24.0. The van der Waals surface area contributed by atoms with Crippen LogP contribution >= 0.6 is 0 Å². The highest BCUT2D eigenvalue weighted by Crippen LogP contribution is 2.36. The Morgan fingerprint density at radius 3 is 2.35 bits per heavy atom. The molecule has 0 radical (unpaired) electrons. The van der Waals surface area contributed by atoms with Gasteiger partial charge in [-0.05, 0) is 57.9 Å². The van der Waals surface area contributed by atoms with Gasteiger partial charge in [0.2, 0.25) is 0 Å². The summed E-state index contributed by atoms with van der Waals surface area (Å²) in [5, 5.41) is 3.73. The molecule has 2 nitrogen and oxygen atoms in total. The molecule has 0 spiro atoms. The number of hydrogen-bond donors (Lipinski definition) is 1. The van der Waals surface area contributed by atoms with Gasteiger partial charge in [-0.3, -0.25) is 4.90 Å². The van der Waals surface area contributed by atoms with E-state index in [0.717, 1.165) is 18.0 Å². The number of nitrogens with zero attached hydrogens (tertiary/aromatic N) is 1. The predicted octanol–water partition coefficient (Wildman–Crippen LogP) is 3.03. The molecule has 100 valence electrons. The Hall–Kier alpha value is -0.0800. The Balaban J connectivity index is 1.85. The maximum absolute atomic E-state index is 3.73. The van der Waals surface area contributed by atoms with Crippen molar-refractivity contribution in [1.82, 2.24) is 10.2 Å². The van der Waals surface area contributed by atoms with Crippen molar-refractivity contribution in [2.75, 3.05) is 13.1 Å². The summed E-state index contributed by atoms with van der Waals surface area (Å²) in [6, 6.07) is 2.33. The van der Waals surface area contributed by atoms with E-state index in [0.29, 0.717) is 6.04 Å². The Morgan fingerprint density at radius 2 is 1.88 bits per heavy atom. The van der Waals surface area contributed by atoms with Gasteiger partial charge < -0.3 is 5.32 Å². The summed E-state index contributed by atoms with van der Waals surface area (Å²) in [6.07, 6.45) is 8.36. The molecule has 1 N–H and O–H groups in total. The Morgan fingerprint density at radius 1 is 1.18 bits per heavy atom. The van der Waals surface area contributed by atoms with Crippen LogP contribution in [0.15, 0.2) is 0 Å². The van der Waals surface area contributed by atoms with Crippen LogP contribution in [0.2, 0.25) is 0 Å². The second-order valence-electron chi connectivity index (χ2n) is 6.08. The smallest absolute Gasteiger partial charge is 0.0224 e. The van der Waals surface area contributed by atoms with Crippen molar-refractivity contribution in [1.29, 1.82) is 0 Å². The van der Waals surface area contributed by atoms with Crippen molar-refractivity contribution in [3.8, 4) is 0 Å². The van der Waals surface area contributed by atoms with Gasteiger partial charge in [-0.15, -0.1) is 0 Å². The molecule has 2 atom stereocenters. The Labute approximate surface area is 107 Å². The molecule has 0 heterocycles. The molecule has 2 heteroatoms. The molecule has 0 bridgehead atoms. The molecule has 0 amide bonds. The standard InChI is InChI=1S/C15H30N2/c1-4-10-16-15(5-2)12(3)17(14-8-9-14)11-13-6-7-13/h12-16H,4-11H2,1-3H3. The Bertz CT molecular complexity index is 221. The highest BCUT2D eigenvalue weighted by Gasteiger charge is 2.37. The molecule has 0 aliphatic heterocycles. The number of nitrogens with one attached hydrogen (secondary N) is 1. The topological polar surface area (TPSA) is 15.3 Å². The lowest BCUT2D eigenvalue weighted by atomic mass is 10.0. The molecule has 2 saturated carbocycles. The molecule has 0 aromatic rings. The van der Waals surface area contributed by atoms with Crippen molar-refractivity contribution in [2.45, 2.75) is 77.4 Å². The minimum atomic E-state index is 0.689. The largest absolute Gasteiger partial charge is 0.312 e. The fraction of sp³-hybridized carbons (Fsp3) is 1.00. The number of rotatable bonds is 9. The van der Waals surface area contributed by atoms with E-state index in [1.165, 1.54) is 51.6 Å². The lowest BCUT2D eigenvalue weighted by molar-refractivity contribution is 0.150. The molecule has 2 fully saturated rings. The lowest BCUT2D eigenvalue weighted by Gasteiger charge is -2.35. The average Bonchev–Trinajstić information content (AvgIpc) is 3.17. The lowest BCUT2D eigenvalue weighted by Crippen LogP contribution is -2.50. The summed E-state index contributed by atoms with van der Waals surface area (Å²) in [7, 11) is 0. The van der Waals surface area contributed by atoms with E-state index in [2.05, 4.69) is 31.0 Å². The maximum atomic E-state index is 3.73. The minimum absolute atomic E-state index is 0.689. The van der Waals surface area contributed by atoms with Gasteiger partial charge in [0.25, 0.3) is 0 Å². The molecule has 0 saturated heterocycles. The number of hydrogen-bond acceptors (Lipinski definition) is 2. The Kier molecular flexibility index (Phi) is 4.87. The van der Waals surface area contributed by atoms with Crippen LogP contribution in [0.25, 0.3) is 0 Å². The summed E-state index contributed by atoms with van der Waals surface area (Å²) in [4.78, 5) is 2.81. The second-order valence-corrected chi connectivity index (χ2v) is 6.08. The van der Waals surface area contributed by atoms with Crippen molar-refractivity contribution in [2.24, 2.45) is 5.92 Å². The van der Waals surface area contributed by atoms with Crippen LogP contribution in [0.5, 0.6) is 0 Å². The second kappa shape index (κ2) is 6.19. The van der Waals surface area contributed by atoms with Crippen molar-refractivity contribution < 1.29 is 0 Å². The first-order chi connectivity index (χ1) is 8.26. The van der Waals surface area contributed by atoms with E-state index in [1.54, 1.807) is 0 Å². The van der Waals surface area contributed by atoms with E-state index < -0.39 is 0 Å². The van der Waals surface area contributed by atoms with Gasteiger partial charge in [0.05, 0.1) is 0 Å². The maximum Gasteiger partial charge on any atom is 0.0224 e.